The summed E-state index contributed by atoms with van der Waals surface area (Å²) in [6, 6.07) is 0.392. The van der Waals surface area contributed by atoms with Crippen LogP contribution in [0.3, 0.4) is 0 Å². The molecule has 108 valence electrons. The second-order valence-corrected chi connectivity index (χ2v) is 6.78. The van der Waals surface area contributed by atoms with Crippen LogP contribution in [0.5, 0.6) is 0 Å². The molecule has 1 aromatic rings. The summed E-state index contributed by atoms with van der Waals surface area (Å²) in [5.74, 6) is 7.93. The van der Waals surface area contributed by atoms with Gasteiger partial charge in [-0.15, -0.1) is 0 Å². The molecule has 2 rings (SSSR count). The molecule has 1 unspecified atom stereocenters. The van der Waals surface area contributed by atoms with Crippen molar-refractivity contribution in [3.8, 4) is 0 Å². The van der Waals surface area contributed by atoms with Gasteiger partial charge in [0.2, 0.25) is 0 Å². The fraction of sp³-hybridized carbons (Fsp3) is 0.786. The summed E-state index contributed by atoms with van der Waals surface area (Å²) in [5.41, 5.74) is 2.97. The van der Waals surface area contributed by atoms with Gasteiger partial charge in [0.25, 0.3) is 0 Å². The Morgan fingerprint density at radius 3 is 2.89 bits per heavy atom. The molecule has 3 N–H and O–H groups in total. The molecule has 0 amide bonds. The van der Waals surface area contributed by atoms with E-state index >= 15 is 0 Å². The molecule has 1 saturated carbocycles. The second-order valence-electron chi connectivity index (χ2n) is 5.45. The molecule has 0 aliphatic heterocycles. The first-order valence-corrected chi connectivity index (χ1v) is 8.38. The number of hydrogen-bond acceptors (Lipinski definition) is 4. The van der Waals surface area contributed by atoms with Gasteiger partial charge in [0, 0.05) is 42.9 Å². The fourth-order valence-corrected chi connectivity index (χ4v) is 4.07. The summed E-state index contributed by atoms with van der Waals surface area (Å²) in [5, 5.41) is 0.859. The highest BCUT2D eigenvalue weighted by Crippen LogP contribution is 2.28. The molecular formula is C14H26N4S. The van der Waals surface area contributed by atoms with Gasteiger partial charge in [0.05, 0.1) is 0 Å². The minimum atomic E-state index is 0.392. The highest BCUT2D eigenvalue weighted by Gasteiger charge is 2.16. The zero-order chi connectivity index (χ0) is 13.5. The molecule has 1 atom stereocenters. The highest BCUT2D eigenvalue weighted by atomic mass is 32.2. The van der Waals surface area contributed by atoms with Crippen LogP contribution < -0.4 is 11.3 Å². The number of aromatic nitrogens is 2. The number of imidazole rings is 1. The SMILES string of the molecule is Cn1ccnc1CCC(CSC1CCCCC1)NN. The minimum absolute atomic E-state index is 0.392. The summed E-state index contributed by atoms with van der Waals surface area (Å²) < 4.78 is 2.09. The lowest BCUT2D eigenvalue weighted by atomic mass is 10.0. The van der Waals surface area contributed by atoms with Crippen molar-refractivity contribution in [2.45, 2.75) is 56.2 Å². The molecule has 0 aromatic carbocycles. The zero-order valence-corrected chi connectivity index (χ0v) is 12.7. The summed E-state index contributed by atoms with van der Waals surface area (Å²) >= 11 is 2.10. The van der Waals surface area contributed by atoms with E-state index in [-0.39, 0.29) is 0 Å². The van der Waals surface area contributed by atoms with Crippen LogP contribution in [0.2, 0.25) is 0 Å². The zero-order valence-electron chi connectivity index (χ0n) is 11.8. The first kappa shape index (κ1) is 14.9. The maximum atomic E-state index is 5.68. The Morgan fingerprint density at radius 1 is 1.47 bits per heavy atom. The first-order chi connectivity index (χ1) is 9.29. The number of aryl methyl sites for hydroxylation is 2. The van der Waals surface area contributed by atoms with Crippen LogP contribution in [0.4, 0.5) is 0 Å². The first-order valence-electron chi connectivity index (χ1n) is 7.33. The van der Waals surface area contributed by atoms with Gasteiger partial charge >= 0.3 is 0 Å². The lowest BCUT2D eigenvalue weighted by Crippen LogP contribution is -2.38. The van der Waals surface area contributed by atoms with Crippen LogP contribution in [0.25, 0.3) is 0 Å². The molecule has 0 saturated heterocycles. The molecule has 0 spiro atoms. The number of nitrogens with one attached hydrogen (secondary N) is 1. The number of nitrogens with zero attached hydrogens (tertiary/aromatic N) is 2. The minimum Gasteiger partial charge on any atom is -0.338 e. The summed E-state index contributed by atoms with van der Waals surface area (Å²) in [7, 11) is 2.05. The van der Waals surface area contributed by atoms with Crippen molar-refractivity contribution in [1.82, 2.24) is 15.0 Å². The van der Waals surface area contributed by atoms with E-state index in [1.807, 2.05) is 19.4 Å². The van der Waals surface area contributed by atoms with Gasteiger partial charge in [-0.05, 0) is 19.3 Å². The molecule has 19 heavy (non-hydrogen) atoms. The molecule has 5 heteroatoms. The van der Waals surface area contributed by atoms with Crippen LogP contribution in [-0.2, 0) is 13.5 Å². The maximum absolute atomic E-state index is 5.68. The largest absolute Gasteiger partial charge is 0.338 e. The van der Waals surface area contributed by atoms with Gasteiger partial charge in [0.15, 0.2) is 0 Å². The molecule has 4 nitrogen and oxygen atoms in total. The average molecular weight is 282 g/mol. The monoisotopic (exact) mass is 282 g/mol. The number of nitrogens with two attached hydrogens (primary N) is 1. The van der Waals surface area contributed by atoms with E-state index in [0.29, 0.717) is 6.04 Å². The number of hydrazine groups is 1. The quantitative estimate of drug-likeness (QED) is 0.595. The predicted molar refractivity (Wildman–Crippen MR) is 82.0 cm³/mol. The Bertz CT molecular complexity index is 360. The number of rotatable bonds is 7. The van der Waals surface area contributed by atoms with Crippen LogP contribution >= 0.6 is 11.8 Å². The molecule has 0 radical (unpaired) electrons. The smallest absolute Gasteiger partial charge is 0.108 e. The number of thioether (sulfide) groups is 1. The molecule has 0 bridgehead atoms. The third kappa shape index (κ3) is 4.82. The Hall–Kier alpha value is -0.520. The lowest BCUT2D eigenvalue weighted by Gasteiger charge is -2.23. The van der Waals surface area contributed by atoms with Crippen molar-refractivity contribution >= 4 is 11.8 Å². The van der Waals surface area contributed by atoms with Gasteiger partial charge in [-0.3, -0.25) is 11.3 Å². The van der Waals surface area contributed by atoms with Crippen LogP contribution in [0.15, 0.2) is 12.4 Å². The van der Waals surface area contributed by atoms with E-state index in [2.05, 4.69) is 26.7 Å². The molecule has 1 aliphatic rings. The standard InChI is InChI=1S/C14H26N4S/c1-18-10-9-16-14(18)8-7-12(17-15)11-19-13-5-3-2-4-6-13/h9-10,12-13,17H,2-8,11,15H2,1H3. The third-order valence-corrected chi connectivity index (χ3v) is 5.50. The van der Waals surface area contributed by atoms with E-state index in [4.69, 9.17) is 5.84 Å². The molecule has 1 heterocycles. The van der Waals surface area contributed by atoms with Gasteiger partial charge in [-0.1, -0.05) is 19.3 Å². The van der Waals surface area contributed by atoms with E-state index in [0.717, 1.165) is 29.7 Å². The van der Waals surface area contributed by atoms with E-state index in [1.165, 1.54) is 32.1 Å². The second kappa shape index (κ2) is 7.92. The molecule has 1 aliphatic carbocycles. The fourth-order valence-electron chi connectivity index (χ4n) is 2.64. The topological polar surface area (TPSA) is 55.9 Å². The summed E-state index contributed by atoms with van der Waals surface area (Å²) in [4.78, 5) is 4.36. The molecule has 1 fully saturated rings. The summed E-state index contributed by atoms with van der Waals surface area (Å²) in [6.45, 7) is 0. The van der Waals surface area contributed by atoms with Crippen molar-refractivity contribution in [3.63, 3.8) is 0 Å². The normalized spacial score (nSPS) is 18.6. The van der Waals surface area contributed by atoms with Crippen molar-refractivity contribution in [3.05, 3.63) is 18.2 Å². The molecular weight excluding hydrogens is 256 g/mol. The highest BCUT2D eigenvalue weighted by molar-refractivity contribution is 7.99. The third-order valence-electron chi connectivity index (χ3n) is 3.96. The Kier molecular flexibility index (Phi) is 6.20. The predicted octanol–water partition coefficient (Wildman–Crippen LogP) is 2.25. The summed E-state index contributed by atoms with van der Waals surface area (Å²) in [6.07, 6.45) is 12.9. The van der Waals surface area contributed by atoms with Crippen molar-refractivity contribution in [2.75, 3.05) is 5.75 Å². The van der Waals surface area contributed by atoms with Crippen molar-refractivity contribution < 1.29 is 0 Å². The molecule has 1 aromatic heterocycles. The van der Waals surface area contributed by atoms with Crippen LogP contribution in [0.1, 0.15) is 44.3 Å². The van der Waals surface area contributed by atoms with E-state index < -0.39 is 0 Å². The van der Waals surface area contributed by atoms with Crippen molar-refractivity contribution in [2.24, 2.45) is 12.9 Å². The average Bonchev–Trinajstić information content (AvgIpc) is 2.86. The van der Waals surface area contributed by atoms with Crippen LogP contribution in [0, 0.1) is 0 Å². The van der Waals surface area contributed by atoms with Gasteiger partial charge in [-0.2, -0.15) is 11.8 Å². The number of hydrogen-bond donors (Lipinski definition) is 2. The van der Waals surface area contributed by atoms with Crippen LogP contribution in [-0.4, -0.2) is 26.6 Å². The van der Waals surface area contributed by atoms with Crippen molar-refractivity contribution in [1.29, 1.82) is 0 Å². The van der Waals surface area contributed by atoms with Gasteiger partial charge < -0.3 is 4.57 Å². The Labute approximate surface area is 120 Å². The Morgan fingerprint density at radius 2 is 2.26 bits per heavy atom. The van der Waals surface area contributed by atoms with Gasteiger partial charge in [0.1, 0.15) is 5.82 Å². The maximum Gasteiger partial charge on any atom is 0.108 e. The van der Waals surface area contributed by atoms with E-state index in [1.54, 1.807) is 0 Å². The lowest BCUT2D eigenvalue weighted by molar-refractivity contribution is 0.507. The van der Waals surface area contributed by atoms with E-state index in [9.17, 15) is 0 Å². The van der Waals surface area contributed by atoms with Gasteiger partial charge in [-0.25, -0.2) is 4.98 Å². The Balaban J connectivity index is 1.69.